The Balaban J connectivity index is 0.000000149. The van der Waals surface area contributed by atoms with Crippen LogP contribution in [0.5, 0.6) is 51.7 Å². The van der Waals surface area contributed by atoms with Crippen LogP contribution >= 0.6 is 34.0 Å². The number of carboxylic acid groups (broad SMARTS) is 3. The summed E-state index contributed by atoms with van der Waals surface area (Å²) in [4.78, 5) is 34.9. The lowest BCUT2D eigenvalue weighted by molar-refractivity contribution is -0.132. The lowest BCUT2D eigenvalue weighted by Crippen LogP contribution is -1.94. The minimum Gasteiger partial charge on any atom is -0.508 e. The number of hydrogen-bond acceptors (Lipinski definition) is 13. The van der Waals surface area contributed by atoms with E-state index in [1.807, 2.05) is 79.7 Å². The summed E-state index contributed by atoms with van der Waals surface area (Å²) >= 11 is 4.64. The van der Waals surface area contributed by atoms with Crippen LogP contribution in [0.3, 0.4) is 0 Å². The number of terminal acetylenes is 1. The van der Waals surface area contributed by atoms with E-state index in [1.54, 1.807) is 109 Å². The number of benzene rings is 8. The first-order valence-corrected chi connectivity index (χ1v) is 30.6. The monoisotopic (exact) mass is 1250 g/mol. The van der Waals surface area contributed by atoms with Gasteiger partial charge < -0.3 is 49.3 Å². The Labute approximate surface area is 529 Å². The number of aryl methyl sites for hydroxylation is 3. The van der Waals surface area contributed by atoms with Crippen LogP contribution in [-0.2, 0) is 27.2 Å². The average molecular weight is 1250 g/mol. The highest BCUT2D eigenvalue weighted by Gasteiger charge is 2.23. The molecule has 4 heterocycles. The highest BCUT2D eigenvalue weighted by Crippen LogP contribution is 2.51. The van der Waals surface area contributed by atoms with Crippen LogP contribution in [0.4, 0.5) is 0 Å². The molecule has 12 aromatic rings. The minimum atomic E-state index is -1.000. The highest BCUT2D eigenvalue weighted by molar-refractivity contribution is 7.23. The molecular formula is C74H56O13S3. The summed E-state index contributed by atoms with van der Waals surface area (Å²) in [6.07, 6.45) is 17.0. The second kappa shape index (κ2) is 28.2. The van der Waals surface area contributed by atoms with Gasteiger partial charge in [-0.15, -0.1) is 40.4 Å². The predicted molar refractivity (Wildman–Crippen MR) is 360 cm³/mol. The summed E-state index contributed by atoms with van der Waals surface area (Å²) in [5, 5.41) is 58.8. The summed E-state index contributed by atoms with van der Waals surface area (Å²) in [5.41, 5.74) is 8.61. The van der Waals surface area contributed by atoms with Crippen LogP contribution in [-0.4, -0.2) is 48.5 Å². The molecule has 448 valence electrons. The van der Waals surface area contributed by atoms with E-state index in [-0.39, 0.29) is 17.2 Å². The summed E-state index contributed by atoms with van der Waals surface area (Å²) in [6, 6.07) is 53.2. The molecule has 13 nitrogen and oxygen atoms in total. The molecule has 0 radical (unpaired) electrons. The van der Waals surface area contributed by atoms with Crippen LogP contribution in [0.2, 0.25) is 0 Å². The topological polar surface area (TPSA) is 213 Å². The van der Waals surface area contributed by atoms with Crippen molar-refractivity contribution in [3.05, 3.63) is 240 Å². The number of aromatic hydroxyl groups is 3. The lowest BCUT2D eigenvalue weighted by atomic mass is 9.95. The Kier molecular flexibility index (Phi) is 19.4. The van der Waals surface area contributed by atoms with Gasteiger partial charge in [0.15, 0.2) is 17.2 Å². The van der Waals surface area contributed by atoms with Gasteiger partial charge in [-0.2, -0.15) is 0 Å². The molecule has 0 aliphatic carbocycles. The average Bonchev–Trinajstić information content (AvgIpc) is 1.67. The zero-order valence-corrected chi connectivity index (χ0v) is 51.0. The maximum absolute atomic E-state index is 10.7. The van der Waals surface area contributed by atoms with E-state index in [0.29, 0.717) is 28.7 Å². The van der Waals surface area contributed by atoms with E-state index >= 15 is 0 Å². The fourth-order valence-electron chi connectivity index (χ4n) is 9.77. The SMILES string of the molecule is C#Cc1ccccc1-c1sc2cc(O)ccc2c1Oc1ccc(/C=C/C(=O)O)cc1.CCc1cccc(CC)c1-c1sc2cc(O)ccc2c1Oc1ccc(/C=C/C(=O)O)cc1.Cc1occc1-c1sc2cc(O)ccc2c1Oc1ccc(/C=C/C(=O)O)cc1. The highest BCUT2D eigenvalue weighted by atomic mass is 32.1. The van der Waals surface area contributed by atoms with Gasteiger partial charge in [0.25, 0.3) is 0 Å². The van der Waals surface area contributed by atoms with Gasteiger partial charge in [-0.05, 0) is 169 Å². The fraction of sp³-hybridized carbons (Fsp3) is 0.0676. The Morgan fingerprint density at radius 1 is 0.478 bits per heavy atom. The van der Waals surface area contributed by atoms with Crippen LogP contribution in [0.15, 0.2) is 205 Å². The van der Waals surface area contributed by atoms with Crippen molar-refractivity contribution in [2.24, 2.45) is 0 Å². The van der Waals surface area contributed by atoms with Gasteiger partial charge >= 0.3 is 17.9 Å². The molecule has 12 rings (SSSR count). The number of carbonyl (C=O) groups is 3. The molecule has 0 aliphatic rings. The largest absolute Gasteiger partial charge is 0.508 e. The summed E-state index contributed by atoms with van der Waals surface area (Å²) in [5.74, 6) is 5.16. The van der Waals surface area contributed by atoms with E-state index in [2.05, 4.69) is 38.0 Å². The number of carboxylic acids is 3. The summed E-state index contributed by atoms with van der Waals surface area (Å²) in [6.45, 7) is 6.20. The van der Waals surface area contributed by atoms with Crippen molar-refractivity contribution in [2.75, 3.05) is 0 Å². The van der Waals surface area contributed by atoms with Crippen LogP contribution < -0.4 is 14.2 Å². The van der Waals surface area contributed by atoms with E-state index in [0.717, 1.165) is 121 Å². The van der Waals surface area contributed by atoms with Gasteiger partial charge in [0, 0.05) is 70.7 Å². The molecule has 0 fully saturated rings. The molecule has 0 amide bonds. The molecule has 16 heteroatoms. The van der Waals surface area contributed by atoms with E-state index in [9.17, 15) is 29.7 Å². The predicted octanol–water partition coefficient (Wildman–Crippen LogP) is 19.5. The maximum atomic E-state index is 10.7. The van der Waals surface area contributed by atoms with Crippen molar-refractivity contribution in [2.45, 2.75) is 33.6 Å². The van der Waals surface area contributed by atoms with Gasteiger partial charge in [0.2, 0.25) is 0 Å². The van der Waals surface area contributed by atoms with Gasteiger partial charge in [-0.25, -0.2) is 14.4 Å². The molecule has 8 aromatic carbocycles. The Bertz CT molecular complexity index is 4720. The quantitative estimate of drug-likeness (QED) is 0.0370. The third-order valence-electron chi connectivity index (χ3n) is 14.1. The molecule has 0 atom stereocenters. The Hall–Kier alpha value is -11.1. The Morgan fingerprint density at radius 3 is 1.22 bits per heavy atom. The van der Waals surface area contributed by atoms with Crippen molar-refractivity contribution >= 4 is 100 Å². The fourth-order valence-corrected chi connectivity index (χ4v) is 13.5. The number of hydrogen-bond donors (Lipinski definition) is 6. The number of fused-ring (bicyclic) bond motifs is 3. The molecule has 0 saturated carbocycles. The molecule has 0 bridgehead atoms. The second-order valence-electron chi connectivity index (χ2n) is 20.1. The van der Waals surface area contributed by atoms with Crippen LogP contribution in [0, 0.1) is 19.3 Å². The van der Waals surface area contributed by atoms with E-state index in [1.165, 1.54) is 51.5 Å². The molecule has 0 saturated heterocycles. The molecule has 90 heavy (non-hydrogen) atoms. The number of furan rings is 1. The van der Waals surface area contributed by atoms with Gasteiger partial charge in [-0.1, -0.05) is 92.6 Å². The number of rotatable bonds is 17. The number of thiophene rings is 3. The zero-order valence-electron chi connectivity index (χ0n) is 48.5. The van der Waals surface area contributed by atoms with Crippen molar-refractivity contribution in [3.63, 3.8) is 0 Å². The van der Waals surface area contributed by atoms with Crippen molar-refractivity contribution < 1.29 is 63.7 Å². The molecular weight excluding hydrogens is 1190 g/mol. The smallest absolute Gasteiger partial charge is 0.328 e. The van der Waals surface area contributed by atoms with Crippen molar-refractivity contribution in [1.29, 1.82) is 0 Å². The van der Waals surface area contributed by atoms with Gasteiger partial charge in [-0.3, -0.25) is 0 Å². The van der Waals surface area contributed by atoms with Crippen molar-refractivity contribution in [1.82, 2.24) is 0 Å². The molecule has 6 N–H and O–H groups in total. The Morgan fingerprint density at radius 2 is 0.856 bits per heavy atom. The van der Waals surface area contributed by atoms with Crippen LogP contribution in [0.25, 0.3) is 79.8 Å². The van der Waals surface area contributed by atoms with Gasteiger partial charge in [0.1, 0.15) is 40.3 Å². The van der Waals surface area contributed by atoms with Crippen LogP contribution in [0.1, 0.15) is 53.0 Å². The zero-order chi connectivity index (χ0) is 63.4. The standard InChI is InChI=1S/C27H24O4S.C25H16O4S.C22H16O5S/c1-3-18-6-5-7-19(4-2)25(18)27-26(22-14-11-20(28)16-23(22)32-27)31-21-12-8-17(9-13-21)10-15-24(29)30;1-2-17-5-3-4-6-20(17)25-24(21-13-10-18(26)15-22(21)30-25)29-19-11-7-16(8-12-19)9-14-23(27)28;1-13-17(10-11-26-13)22-21(18-8-5-15(23)12-19(18)28-22)27-16-6-2-14(3-7-16)4-9-20(24)25/h5-16,28H,3-4H2,1-2H3,(H,29,30);1,3-15,26H,(H,27,28);2-12,23H,1H3,(H,24,25)/b15-10+;14-9+;9-4+. The molecule has 0 unspecified atom stereocenters. The normalized spacial score (nSPS) is 11.2. The molecule has 4 aromatic heterocycles. The lowest BCUT2D eigenvalue weighted by Gasteiger charge is -2.14. The molecule has 0 aliphatic heterocycles. The number of aliphatic carboxylic acids is 3. The van der Waals surface area contributed by atoms with E-state index < -0.39 is 17.9 Å². The second-order valence-corrected chi connectivity index (χ2v) is 23.2. The maximum Gasteiger partial charge on any atom is 0.328 e. The summed E-state index contributed by atoms with van der Waals surface area (Å²) < 4.78 is 27.1. The number of phenolic OH excluding ortho intramolecular Hbond substituents is 3. The third kappa shape index (κ3) is 14.7. The summed E-state index contributed by atoms with van der Waals surface area (Å²) in [7, 11) is 0. The first kappa shape index (κ1) is 62.0. The third-order valence-corrected chi connectivity index (χ3v) is 17.6. The van der Waals surface area contributed by atoms with Gasteiger partial charge in [0.05, 0.1) is 20.9 Å². The van der Waals surface area contributed by atoms with E-state index in [4.69, 9.17) is 40.4 Å². The number of ether oxygens (including phenoxy) is 3. The first-order chi connectivity index (χ1) is 43.5. The molecule has 0 spiro atoms. The number of phenols is 3. The van der Waals surface area contributed by atoms with Crippen molar-refractivity contribution in [3.8, 4) is 95.4 Å². The first-order valence-electron chi connectivity index (χ1n) is 28.1. The minimum absolute atomic E-state index is 0.182.